The van der Waals surface area contributed by atoms with Gasteiger partial charge in [-0.3, -0.25) is 14.2 Å². The van der Waals surface area contributed by atoms with Crippen molar-refractivity contribution in [3.8, 4) is 0 Å². The number of fused-ring (bicyclic) bond motifs is 1. The minimum absolute atomic E-state index is 0.251. The highest BCUT2D eigenvalue weighted by Gasteiger charge is 2.32. The van der Waals surface area contributed by atoms with Gasteiger partial charge in [0.15, 0.2) is 4.80 Å². The third-order valence-corrected chi connectivity index (χ3v) is 6.56. The Morgan fingerprint density at radius 2 is 1.65 bits per heavy atom. The van der Waals surface area contributed by atoms with Crippen molar-refractivity contribution in [1.29, 1.82) is 0 Å². The number of benzene rings is 3. The Hall–Kier alpha value is -4.10. The first-order chi connectivity index (χ1) is 16.5. The third kappa shape index (κ3) is 4.13. The minimum atomic E-state index is -0.628. The highest BCUT2D eigenvalue weighted by atomic mass is 32.1. The second-order valence-electron chi connectivity index (χ2n) is 7.86. The number of nitrogens with one attached hydrogen (secondary N) is 1. The minimum Gasteiger partial charge on any atom is -0.322 e. The van der Waals surface area contributed by atoms with E-state index in [9.17, 15) is 14.0 Å². The fraction of sp³-hybridized carbons (Fsp3) is 0.0741. The molecule has 0 radical (unpaired) electrons. The van der Waals surface area contributed by atoms with Crippen LogP contribution in [0.3, 0.4) is 0 Å². The molecule has 7 heteroatoms. The maximum absolute atomic E-state index is 13.6. The summed E-state index contributed by atoms with van der Waals surface area (Å²) in [6, 6.07) is 23.9. The van der Waals surface area contributed by atoms with E-state index in [-0.39, 0.29) is 17.3 Å². The molecular weight excluding hydrogens is 449 g/mol. The molecule has 5 rings (SSSR count). The van der Waals surface area contributed by atoms with E-state index in [1.807, 2.05) is 60.7 Å². The first-order valence-electron chi connectivity index (χ1n) is 10.7. The average Bonchev–Trinajstić information content (AvgIpc) is 3.15. The normalized spacial score (nSPS) is 15.6. The molecule has 168 valence electrons. The Bertz CT molecular complexity index is 1570. The summed E-state index contributed by atoms with van der Waals surface area (Å²) in [7, 11) is 0. The number of halogens is 1. The molecule has 1 amide bonds. The summed E-state index contributed by atoms with van der Waals surface area (Å²) in [5.74, 6) is -0.651. The lowest BCUT2D eigenvalue weighted by molar-refractivity contribution is -0.113. The Morgan fingerprint density at radius 1 is 1.00 bits per heavy atom. The van der Waals surface area contributed by atoms with Crippen LogP contribution in [0.25, 0.3) is 6.08 Å². The zero-order valence-corrected chi connectivity index (χ0v) is 19.1. The number of carbonyl (C=O) groups excluding carboxylic acids is 1. The van der Waals surface area contributed by atoms with Gasteiger partial charge in [0.2, 0.25) is 0 Å². The van der Waals surface area contributed by atoms with E-state index >= 15 is 0 Å². The number of para-hydroxylation sites is 1. The van der Waals surface area contributed by atoms with Gasteiger partial charge in [-0.1, -0.05) is 72.0 Å². The van der Waals surface area contributed by atoms with Crippen LogP contribution in [0, 0.1) is 5.82 Å². The van der Waals surface area contributed by atoms with E-state index in [2.05, 4.69) is 10.3 Å². The number of thiazole rings is 1. The molecule has 0 aliphatic carbocycles. The second-order valence-corrected chi connectivity index (χ2v) is 8.87. The maximum Gasteiger partial charge on any atom is 0.271 e. The van der Waals surface area contributed by atoms with E-state index in [0.29, 0.717) is 31.9 Å². The molecule has 1 aromatic heterocycles. The molecule has 34 heavy (non-hydrogen) atoms. The molecule has 1 aliphatic rings. The van der Waals surface area contributed by atoms with Crippen molar-refractivity contribution in [2.24, 2.45) is 4.99 Å². The largest absolute Gasteiger partial charge is 0.322 e. The summed E-state index contributed by atoms with van der Waals surface area (Å²) in [5, 5.41) is 2.93. The van der Waals surface area contributed by atoms with Crippen LogP contribution in [0.1, 0.15) is 24.1 Å². The molecule has 4 aromatic rings. The molecule has 3 aromatic carbocycles. The molecule has 2 heterocycles. The number of allylic oxidation sites excluding steroid dienone is 1. The fourth-order valence-electron chi connectivity index (χ4n) is 3.99. The lowest BCUT2D eigenvalue weighted by Crippen LogP contribution is -2.40. The number of anilines is 1. The Balaban J connectivity index is 1.66. The number of amides is 1. The van der Waals surface area contributed by atoms with Gasteiger partial charge in [0.05, 0.1) is 21.8 Å². The predicted molar refractivity (Wildman–Crippen MR) is 132 cm³/mol. The molecule has 1 N–H and O–H groups in total. The molecule has 0 saturated heterocycles. The highest BCUT2D eigenvalue weighted by molar-refractivity contribution is 7.07. The number of hydrogen-bond acceptors (Lipinski definition) is 4. The van der Waals surface area contributed by atoms with Crippen molar-refractivity contribution in [2.75, 3.05) is 5.32 Å². The van der Waals surface area contributed by atoms with Crippen molar-refractivity contribution in [3.05, 3.63) is 133 Å². The monoisotopic (exact) mass is 469 g/mol. The van der Waals surface area contributed by atoms with Gasteiger partial charge in [-0.2, -0.15) is 0 Å². The van der Waals surface area contributed by atoms with E-state index in [1.54, 1.807) is 29.7 Å². The molecule has 0 spiro atoms. The summed E-state index contributed by atoms with van der Waals surface area (Å²) in [6.45, 7) is 1.78. The zero-order chi connectivity index (χ0) is 23.7. The molecule has 5 nitrogen and oxygen atoms in total. The van der Waals surface area contributed by atoms with Crippen molar-refractivity contribution in [2.45, 2.75) is 13.0 Å². The van der Waals surface area contributed by atoms with E-state index in [4.69, 9.17) is 0 Å². The first kappa shape index (κ1) is 21.7. The molecule has 0 saturated carbocycles. The standard InChI is InChI=1S/C27H20FN3O2S/c1-17-23(25(32)30-21-10-6-3-7-11-21)24(19-8-4-2-5-9-19)31-26(33)22(34-27(31)29-17)16-18-12-14-20(28)15-13-18/h2-16,24H,1H3,(H,30,32)/b22-16+/t24-/m1/s1. The van der Waals surface area contributed by atoms with Crippen LogP contribution < -0.4 is 20.2 Å². The molecule has 0 bridgehead atoms. The Kier molecular flexibility index (Phi) is 5.77. The Morgan fingerprint density at radius 3 is 2.32 bits per heavy atom. The Labute approximate surface area is 198 Å². The van der Waals surface area contributed by atoms with Crippen molar-refractivity contribution < 1.29 is 9.18 Å². The van der Waals surface area contributed by atoms with Gasteiger partial charge in [0, 0.05) is 5.69 Å². The summed E-state index contributed by atoms with van der Waals surface area (Å²) < 4.78 is 15.3. The molecule has 0 unspecified atom stereocenters. The topological polar surface area (TPSA) is 63.5 Å². The fourth-order valence-corrected chi connectivity index (χ4v) is 5.04. The summed E-state index contributed by atoms with van der Waals surface area (Å²) >= 11 is 1.25. The smallest absolute Gasteiger partial charge is 0.271 e. The molecular formula is C27H20FN3O2S. The first-order valence-corrected chi connectivity index (χ1v) is 11.5. The SMILES string of the molecule is CC1=C(C(=O)Nc2ccccc2)[C@@H](c2ccccc2)n2c(s/c(=C/c3ccc(F)cc3)c2=O)=N1. The van der Waals surface area contributed by atoms with Crippen molar-refractivity contribution in [1.82, 2.24) is 4.57 Å². The quantitative estimate of drug-likeness (QED) is 0.491. The van der Waals surface area contributed by atoms with Crippen LogP contribution in [0.4, 0.5) is 10.1 Å². The van der Waals surface area contributed by atoms with Gasteiger partial charge >= 0.3 is 0 Å². The number of carbonyl (C=O) groups is 1. The molecule has 1 aliphatic heterocycles. The highest BCUT2D eigenvalue weighted by Crippen LogP contribution is 2.30. The van der Waals surface area contributed by atoms with E-state index in [1.165, 1.54) is 23.5 Å². The van der Waals surface area contributed by atoms with Gasteiger partial charge < -0.3 is 5.32 Å². The number of hydrogen-bond donors (Lipinski definition) is 1. The van der Waals surface area contributed by atoms with Gasteiger partial charge in [0.25, 0.3) is 11.5 Å². The lowest BCUT2D eigenvalue weighted by atomic mass is 9.95. The third-order valence-electron chi connectivity index (χ3n) is 5.58. The van der Waals surface area contributed by atoms with Crippen LogP contribution in [-0.2, 0) is 4.79 Å². The molecule has 1 atom stereocenters. The number of aromatic nitrogens is 1. The van der Waals surface area contributed by atoms with Crippen LogP contribution in [0.5, 0.6) is 0 Å². The van der Waals surface area contributed by atoms with E-state index in [0.717, 1.165) is 5.56 Å². The zero-order valence-electron chi connectivity index (χ0n) is 18.2. The number of nitrogens with zero attached hydrogens (tertiary/aromatic N) is 2. The van der Waals surface area contributed by atoms with Crippen LogP contribution in [-0.4, -0.2) is 10.5 Å². The summed E-state index contributed by atoms with van der Waals surface area (Å²) in [6.07, 6.45) is 1.72. The summed E-state index contributed by atoms with van der Waals surface area (Å²) in [4.78, 5) is 32.1. The van der Waals surface area contributed by atoms with Gasteiger partial charge in [-0.05, 0) is 48.4 Å². The van der Waals surface area contributed by atoms with Crippen molar-refractivity contribution in [3.63, 3.8) is 0 Å². The van der Waals surface area contributed by atoms with Crippen LogP contribution in [0.15, 0.2) is 106 Å². The van der Waals surface area contributed by atoms with Crippen molar-refractivity contribution >= 4 is 29.0 Å². The van der Waals surface area contributed by atoms with Gasteiger partial charge in [0.1, 0.15) is 5.82 Å². The van der Waals surface area contributed by atoms with Crippen LogP contribution >= 0.6 is 11.3 Å². The van der Waals surface area contributed by atoms with Gasteiger partial charge in [-0.25, -0.2) is 9.38 Å². The lowest BCUT2D eigenvalue weighted by Gasteiger charge is -2.25. The average molecular weight is 470 g/mol. The number of rotatable bonds is 4. The molecule has 0 fully saturated rings. The van der Waals surface area contributed by atoms with E-state index < -0.39 is 6.04 Å². The maximum atomic E-state index is 13.6. The van der Waals surface area contributed by atoms with Crippen LogP contribution in [0.2, 0.25) is 0 Å². The summed E-state index contributed by atoms with van der Waals surface area (Å²) in [5.41, 5.74) is 2.89. The predicted octanol–water partition coefficient (Wildman–Crippen LogP) is 4.01. The van der Waals surface area contributed by atoms with Gasteiger partial charge in [-0.15, -0.1) is 0 Å². The second kappa shape index (κ2) is 9.03.